The first-order chi connectivity index (χ1) is 64.3. The molecule has 0 saturated carbocycles. The Morgan fingerprint density at radius 1 is 0.319 bits per heavy atom. The van der Waals surface area contributed by atoms with E-state index in [1.165, 1.54) is 44.6 Å². The third-order valence-electron chi connectivity index (χ3n) is 23.2. The second-order valence-corrected chi connectivity index (χ2v) is 35.9. The van der Waals surface area contributed by atoms with Crippen molar-refractivity contribution in [2.75, 3.05) is 0 Å². The van der Waals surface area contributed by atoms with E-state index < -0.39 is 0 Å². The van der Waals surface area contributed by atoms with Crippen molar-refractivity contribution in [3.8, 4) is 119 Å². The van der Waals surface area contributed by atoms with Gasteiger partial charge in [0.2, 0.25) is 0 Å². The van der Waals surface area contributed by atoms with Gasteiger partial charge >= 0.3 is 0 Å². The summed E-state index contributed by atoms with van der Waals surface area (Å²) in [5, 5.41) is 9.68. The van der Waals surface area contributed by atoms with Gasteiger partial charge in [0.1, 0.15) is 46.3 Å². The van der Waals surface area contributed by atoms with Gasteiger partial charge in [-0.3, -0.25) is 39.5 Å². The second kappa shape index (κ2) is 48.6. The molecular formula is C114H108Ir4N20-4. The minimum absolute atomic E-state index is 0. The minimum Gasteiger partial charge on any atom is -0.340 e. The molecule has 16 rings (SSSR count). The van der Waals surface area contributed by atoms with Crippen LogP contribution in [0.1, 0.15) is 251 Å². The van der Waals surface area contributed by atoms with E-state index in [0.29, 0.717) is 74.8 Å². The molecule has 704 valence electrons. The molecule has 0 aliphatic carbocycles. The molecule has 138 heavy (non-hydrogen) atoms. The van der Waals surface area contributed by atoms with Crippen molar-refractivity contribution >= 4 is 28.4 Å². The zero-order valence-electron chi connectivity index (χ0n) is 81.3. The third-order valence-corrected chi connectivity index (χ3v) is 23.2. The van der Waals surface area contributed by atoms with E-state index in [-0.39, 0.29) is 122 Å². The number of nitriles is 1. The number of hydrogen-bond acceptors (Lipinski definition) is 11. The van der Waals surface area contributed by atoms with Gasteiger partial charge in [0, 0.05) is 188 Å². The molecule has 0 atom stereocenters. The predicted octanol–water partition coefficient (Wildman–Crippen LogP) is 30.0. The van der Waals surface area contributed by atoms with Crippen LogP contribution in [-0.2, 0) is 80.4 Å². The first-order valence-corrected chi connectivity index (χ1v) is 45.2. The van der Waals surface area contributed by atoms with Crippen molar-refractivity contribution in [2.45, 2.75) is 199 Å². The summed E-state index contributed by atoms with van der Waals surface area (Å²) in [6.07, 6.45) is 20.8. The van der Waals surface area contributed by atoms with Crippen LogP contribution in [0, 0.1) is 89.2 Å². The summed E-state index contributed by atoms with van der Waals surface area (Å²) < 4.78 is 8.44. The summed E-state index contributed by atoms with van der Waals surface area (Å²) in [7, 11) is 0. The van der Waals surface area contributed by atoms with E-state index in [1.54, 1.807) is 67.1 Å². The maximum absolute atomic E-state index is 9.68. The number of rotatable bonds is 21. The van der Waals surface area contributed by atoms with E-state index in [9.17, 15) is 5.26 Å². The molecule has 0 N–H and O–H groups in total. The Labute approximate surface area is 867 Å². The largest absolute Gasteiger partial charge is 0.340 e. The van der Waals surface area contributed by atoms with E-state index in [0.717, 1.165) is 107 Å². The van der Waals surface area contributed by atoms with Crippen molar-refractivity contribution < 1.29 is 80.4 Å². The fourth-order valence-electron chi connectivity index (χ4n) is 16.5. The number of nitrogens with zero attached hydrogens (tertiary/aromatic N) is 20. The van der Waals surface area contributed by atoms with Gasteiger partial charge in [0.05, 0.1) is 56.2 Å². The quantitative estimate of drug-likeness (QED) is 0.0621. The molecule has 0 bridgehead atoms. The van der Waals surface area contributed by atoms with Crippen LogP contribution < -0.4 is 0 Å². The van der Waals surface area contributed by atoms with E-state index in [2.05, 4.69) is 317 Å². The minimum atomic E-state index is 0. The molecule has 9 aromatic carbocycles. The van der Waals surface area contributed by atoms with Crippen molar-refractivity contribution in [1.82, 2.24) is 68.1 Å². The fourth-order valence-corrected chi connectivity index (χ4v) is 16.5. The maximum Gasteiger partial charge on any atom is 0.177 e. The summed E-state index contributed by atoms with van der Waals surface area (Å²) in [5.41, 5.74) is 28.6. The number of aryl methyl sites for hydroxylation is 3. The first kappa shape index (κ1) is 108. The standard InChI is InChI=1S/C30H29N6.C30H24N5.C27H27N6.C27H28N3.4Ir/c1-18(2)26-12-22(23-15-33-29(20(5)6)34-16-23)13-27(19(3)4)28(26)36-17-25(14-31)35-30(36)21-9-8-10-24(11-21)32-7;1-19(2)27-16-23(22-14-25(32-6)18-26(15-22)33-7)17-28(20(3)4)29(27)35-12-11-34-30(35)21-9-8-10-24(13-21)31-5;1-16(2)23-14-21(26-31-18(5)30-19(6)32-26)15-24(17(3)4)25(23)33-12-11-29-27(33)20-9-8-10-22(13-20)28-7;1-18(2)24-15-22(23-11-12-28-17-20(23)5)16-25(19(3)4)26(24)30-14-13-29-27(30)21-9-7-6-8-10-21;;;;/h8,10-13,15-20H,1-6H3;8,10-20H,1-4H3;8,10-17H,1-6H3;6-9,11-19H,1-5H3;;;;/q4*-1;;;;. The Morgan fingerprint density at radius 2 is 0.667 bits per heavy atom. The Balaban J connectivity index is 0.000000204. The summed E-state index contributed by atoms with van der Waals surface area (Å²) in [6, 6.07) is 64.3. The summed E-state index contributed by atoms with van der Waals surface area (Å²) >= 11 is 0. The summed E-state index contributed by atoms with van der Waals surface area (Å²) in [6.45, 7) is 82.3. The molecule has 16 aromatic rings. The van der Waals surface area contributed by atoms with Gasteiger partial charge in [-0.1, -0.05) is 143 Å². The molecule has 0 saturated heterocycles. The van der Waals surface area contributed by atoms with Gasteiger partial charge in [-0.25, -0.2) is 34.6 Å². The van der Waals surface area contributed by atoms with Crippen LogP contribution in [0.4, 0.5) is 28.4 Å². The normalized spacial score (nSPS) is 10.8. The molecule has 20 nitrogen and oxygen atoms in total. The molecule has 0 unspecified atom stereocenters. The average Bonchev–Trinajstić information content (AvgIpc) is 1.57. The van der Waals surface area contributed by atoms with Crippen LogP contribution in [0.2, 0.25) is 0 Å². The van der Waals surface area contributed by atoms with E-state index in [4.69, 9.17) is 32.9 Å². The molecule has 7 heterocycles. The van der Waals surface area contributed by atoms with E-state index in [1.807, 2.05) is 104 Å². The molecule has 7 aromatic heterocycles. The number of benzene rings is 9. The Kier molecular flexibility index (Phi) is 38.1. The molecule has 0 aliphatic heterocycles. The average molecular weight is 2530 g/mol. The van der Waals surface area contributed by atoms with Crippen LogP contribution in [0.3, 0.4) is 0 Å². The zero-order chi connectivity index (χ0) is 96.0. The van der Waals surface area contributed by atoms with Crippen LogP contribution in [0.15, 0.2) is 220 Å². The van der Waals surface area contributed by atoms with Crippen molar-refractivity contribution in [2.24, 2.45) is 0 Å². The smallest absolute Gasteiger partial charge is 0.177 e. The number of imidazole rings is 4. The third kappa shape index (κ3) is 24.6. The van der Waals surface area contributed by atoms with Crippen LogP contribution in [0.5, 0.6) is 0 Å². The van der Waals surface area contributed by atoms with Gasteiger partial charge in [-0.15, -0.1) is 107 Å². The molecule has 24 heteroatoms. The monoisotopic (exact) mass is 2530 g/mol. The molecule has 0 spiro atoms. The Hall–Kier alpha value is -13.4. The molecule has 4 radical (unpaired) electrons. The summed E-state index contributed by atoms with van der Waals surface area (Å²) in [5.74, 6) is 8.32. The topological polar surface area (TPSA) is 194 Å². The van der Waals surface area contributed by atoms with Crippen LogP contribution in [0.25, 0.3) is 137 Å². The van der Waals surface area contributed by atoms with Crippen LogP contribution in [-0.4, -0.2) is 68.1 Å². The number of pyridine rings is 1. The first-order valence-electron chi connectivity index (χ1n) is 45.2. The number of aromatic nitrogens is 14. The van der Waals surface area contributed by atoms with Gasteiger partial charge in [0.25, 0.3) is 0 Å². The van der Waals surface area contributed by atoms with Crippen molar-refractivity contribution in [3.05, 3.63) is 374 Å². The molecule has 0 aliphatic rings. The van der Waals surface area contributed by atoms with Gasteiger partial charge in [-0.2, -0.15) is 23.5 Å². The van der Waals surface area contributed by atoms with Gasteiger partial charge in [0.15, 0.2) is 17.2 Å². The van der Waals surface area contributed by atoms with Crippen molar-refractivity contribution in [1.29, 1.82) is 5.26 Å². The molecule has 0 fully saturated rings. The molecule has 0 amide bonds. The van der Waals surface area contributed by atoms with Gasteiger partial charge < -0.3 is 18.3 Å². The summed E-state index contributed by atoms with van der Waals surface area (Å²) in [4.78, 5) is 63.3. The number of hydrogen-bond donors (Lipinski definition) is 0. The predicted molar refractivity (Wildman–Crippen MR) is 537 cm³/mol. The van der Waals surface area contributed by atoms with Gasteiger partial charge in [-0.05, 0) is 201 Å². The Morgan fingerprint density at radius 3 is 1.02 bits per heavy atom. The second-order valence-electron chi connectivity index (χ2n) is 35.9. The van der Waals surface area contributed by atoms with E-state index >= 15 is 0 Å². The SMILES string of the molecule is Cc1cnccc1-c1cc(C(C)C)c(-n2ccnc2-c2[c-]cccc2)c(C(C)C)c1.[C-]#[N+]c1cc[c-]c(-c2nc(C#N)cn2-c2c(C(C)C)cc(-c3cnc(C(C)C)nc3)cc2C(C)C)c1.[C-]#[N+]c1cc[c-]c(-c2nccn2-c2c(C(C)C)cc(-c3cc([N+]#[C-])cc([N+]#[C-])c3)cc2C(C)C)c1.[C-]#[N+]c1cc[c-]c(-c2nccn2-c2c(C(C)C)cc(-c3nc(C)nc(C)n3)cc2C(C)C)c1.[Ir].[Ir].[Ir].[Ir]. The van der Waals surface area contributed by atoms with Crippen molar-refractivity contribution in [3.63, 3.8) is 0 Å². The Bertz CT molecular complexity index is 7100. The van der Waals surface area contributed by atoms with Crippen LogP contribution >= 0.6 is 0 Å². The molecular weight excluding hydrogens is 2420 g/mol. The zero-order valence-corrected chi connectivity index (χ0v) is 90.8. The fraction of sp³-hybridized carbons (Fsp3) is 0.263. The maximum atomic E-state index is 9.68.